The highest BCUT2D eigenvalue weighted by Gasteiger charge is 2.31. The lowest BCUT2D eigenvalue weighted by Crippen LogP contribution is -2.42. The summed E-state index contributed by atoms with van der Waals surface area (Å²) in [4.78, 5) is 13.5. The Hall–Kier alpha value is -1.70. The first-order chi connectivity index (χ1) is 12.4. The van der Waals surface area contributed by atoms with E-state index in [2.05, 4.69) is 19.2 Å². The van der Waals surface area contributed by atoms with Crippen molar-refractivity contribution in [1.82, 2.24) is 9.62 Å². The molecule has 0 bridgehead atoms. The Morgan fingerprint density at radius 1 is 1.15 bits per heavy atom. The van der Waals surface area contributed by atoms with Crippen LogP contribution in [0.3, 0.4) is 0 Å². The molecule has 1 amide bonds. The van der Waals surface area contributed by atoms with Gasteiger partial charge in [0, 0.05) is 23.5 Å². The van der Waals surface area contributed by atoms with E-state index in [-0.39, 0.29) is 10.8 Å². The summed E-state index contributed by atoms with van der Waals surface area (Å²) in [6.45, 7) is 5.74. The van der Waals surface area contributed by atoms with Gasteiger partial charge in [0.15, 0.2) is 0 Å². The summed E-state index contributed by atoms with van der Waals surface area (Å²) in [6.07, 6.45) is 1.05. The lowest BCUT2D eigenvalue weighted by atomic mass is 9.94. The summed E-state index contributed by atoms with van der Waals surface area (Å²) < 4.78 is 27.3. The minimum absolute atomic E-state index is 0.206. The highest BCUT2D eigenvalue weighted by Crippen LogP contribution is 2.26. The van der Waals surface area contributed by atoms with Crippen molar-refractivity contribution < 1.29 is 13.2 Å². The number of amides is 1. The highest BCUT2D eigenvalue weighted by atomic mass is 32.2. The fourth-order valence-corrected chi connectivity index (χ4v) is 5.74. The number of nitrogens with zero attached hydrogens (tertiary/aromatic N) is 1. The van der Waals surface area contributed by atoms with Crippen LogP contribution in [-0.4, -0.2) is 31.7 Å². The summed E-state index contributed by atoms with van der Waals surface area (Å²) in [5.74, 6) is 0.509. The maximum atomic E-state index is 12.9. The predicted molar refractivity (Wildman–Crippen MR) is 104 cm³/mol. The molecule has 1 fully saturated rings. The molecule has 2 unspecified atom stereocenters. The number of nitrogens with one attached hydrogen (secondary N) is 1. The van der Waals surface area contributed by atoms with Crippen LogP contribution in [0.25, 0.3) is 0 Å². The van der Waals surface area contributed by atoms with Crippen LogP contribution in [0.15, 0.2) is 46.7 Å². The van der Waals surface area contributed by atoms with Crippen molar-refractivity contribution in [2.24, 2.45) is 11.8 Å². The van der Waals surface area contributed by atoms with Gasteiger partial charge in [0.2, 0.25) is 10.0 Å². The minimum atomic E-state index is -3.51. The van der Waals surface area contributed by atoms with E-state index in [9.17, 15) is 13.2 Å². The molecular formula is C19H24N2O3S2. The maximum Gasteiger partial charge on any atom is 0.251 e. The zero-order valence-electron chi connectivity index (χ0n) is 15.0. The van der Waals surface area contributed by atoms with Crippen LogP contribution >= 0.6 is 11.3 Å². The van der Waals surface area contributed by atoms with Crippen LogP contribution in [0.5, 0.6) is 0 Å². The standard InChI is InChI=1S/C19H24N2O3S2/c1-14-10-15(2)13-21(12-14)26(23,24)18-7-5-16(6-8-18)19(22)20-11-17-4-3-9-25-17/h3-9,14-15H,10-13H2,1-2H3,(H,20,22). The Kier molecular flexibility index (Phi) is 5.79. The fourth-order valence-electron chi connectivity index (χ4n) is 3.41. The minimum Gasteiger partial charge on any atom is -0.347 e. The Morgan fingerprint density at radius 3 is 2.38 bits per heavy atom. The number of benzene rings is 1. The van der Waals surface area contributed by atoms with Gasteiger partial charge in [-0.1, -0.05) is 19.9 Å². The van der Waals surface area contributed by atoms with Gasteiger partial charge in [0.1, 0.15) is 0 Å². The lowest BCUT2D eigenvalue weighted by molar-refractivity contribution is 0.0951. The van der Waals surface area contributed by atoms with Crippen molar-refractivity contribution in [2.75, 3.05) is 13.1 Å². The Morgan fingerprint density at radius 2 is 1.81 bits per heavy atom. The molecule has 1 saturated heterocycles. The molecule has 3 rings (SSSR count). The molecular weight excluding hydrogens is 368 g/mol. The van der Waals surface area contributed by atoms with Crippen molar-refractivity contribution in [3.63, 3.8) is 0 Å². The van der Waals surface area contributed by atoms with Crippen LogP contribution in [0, 0.1) is 11.8 Å². The zero-order chi connectivity index (χ0) is 18.7. The Balaban J connectivity index is 1.69. The average molecular weight is 393 g/mol. The smallest absolute Gasteiger partial charge is 0.251 e. The summed E-state index contributed by atoms with van der Waals surface area (Å²) in [5.41, 5.74) is 0.459. The molecule has 5 nitrogen and oxygen atoms in total. The van der Waals surface area contributed by atoms with E-state index in [4.69, 9.17) is 0 Å². The van der Waals surface area contributed by atoms with Gasteiger partial charge < -0.3 is 5.32 Å². The molecule has 2 heterocycles. The van der Waals surface area contributed by atoms with Crippen molar-refractivity contribution in [2.45, 2.75) is 31.7 Å². The average Bonchev–Trinajstić information content (AvgIpc) is 3.12. The molecule has 26 heavy (non-hydrogen) atoms. The number of rotatable bonds is 5. The fraction of sp³-hybridized carbons (Fsp3) is 0.421. The van der Waals surface area contributed by atoms with E-state index < -0.39 is 10.0 Å². The van der Waals surface area contributed by atoms with Gasteiger partial charge in [-0.25, -0.2) is 8.42 Å². The molecule has 140 valence electrons. The Labute approximate surface area is 159 Å². The van der Waals surface area contributed by atoms with Gasteiger partial charge in [0.05, 0.1) is 11.4 Å². The van der Waals surface area contributed by atoms with Crippen molar-refractivity contribution in [3.05, 3.63) is 52.2 Å². The SMILES string of the molecule is CC1CC(C)CN(S(=O)(=O)c2ccc(C(=O)NCc3cccs3)cc2)C1. The lowest BCUT2D eigenvalue weighted by Gasteiger charge is -2.34. The first-order valence-electron chi connectivity index (χ1n) is 8.77. The third kappa shape index (κ3) is 4.34. The van der Waals surface area contributed by atoms with Gasteiger partial charge in [-0.3, -0.25) is 4.79 Å². The third-order valence-electron chi connectivity index (χ3n) is 4.59. The number of hydrogen-bond acceptors (Lipinski definition) is 4. The molecule has 1 aliphatic heterocycles. The summed E-state index contributed by atoms with van der Waals surface area (Å²) >= 11 is 1.58. The van der Waals surface area contributed by atoms with Crippen LogP contribution in [0.2, 0.25) is 0 Å². The molecule has 0 radical (unpaired) electrons. The van der Waals surface area contributed by atoms with E-state index in [1.807, 2.05) is 17.5 Å². The topological polar surface area (TPSA) is 66.5 Å². The van der Waals surface area contributed by atoms with Gasteiger partial charge in [-0.15, -0.1) is 11.3 Å². The quantitative estimate of drug-likeness (QED) is 0.849. The largest absolute Gasteiger partial charge is 0.347 e. The predicted octanol–water partition coefficient (Wildman–Crippen LogP) is 3.34. The zero-order valence-corrected chi connectivity index (χ0v) is 16.6. The number of carbonyl (C=O) groups excluding carboxylic acids is 1. The molecule has 0 aliphatic carbocycles. The van der Waals surface area contributed by atoms with E-state index in [1.165, 1.54) is 12.1 Å². The molecule has 2 aromatic rings. The first kappa shape index (κ1) is 19.1. The van der Waals surface area contributed by atoms with Crippen LogP contribution in [-0.2, 0) is 16.6 Å². The molecule has 1 aliphatic rings. The molecule has 1 aromatic heterocycles. The van der Waals surface area contributed by atoms with Gasteiger partial charge in [-0.2, -0.15) is 4.31 Å². The number of sulfonamides is 1. The van der Waals surface area contributed by atoms with Gasteiger partial charge in [0.25, 0.3) is 5.91 Å². The molecule has 1 N–H and O–H groups in total. The second-order valence-electron chi connectivity index (χ2n) is 7.05. The van der Waals surface area contributed by atoms with Crippen molar-refractivity contribution in [1.29, 1.82) is 0 Å². The summed E-state index contributed by atoms with van der Waals surface area (Å²) in [7, 11) is -3.51. The second-order valence-corrected chi connectivity index (χ2v) is 10.0. The second kappa shape index (κ2) is 7.90. The van der Waals surface area contributed by atoms with Crippen LogP contribution in [0.1, 0.15) is 35.5 Å². The van der Waals surface area contributed by atoms with E-state index in [0.29, 0.717) is 37.0 Å². The Bertz CT molecular complexity index is 835. The van der Waals surface area contributed by atoms with Crippen LogP contribution < -0.4 is 5.32 Å². The molecule has 7 heteroatoms. The molecule has 2 atom stereocenters. The van der Waals surface area contributed by atoms with Crippen molar-refractivity contribution >= 4 is 27.3 Å². The normalized spacial score (nSPS) is 21.5. The number of carbonyl (C=O) groups is 1. The number of piperidine rings is 1. The third-order valence-corrected chi connectivity index (χ3v) is 7.32. The van der Waals surface area contributed by atoms with E-state index in [0.717, 1.165) is 11.3 Å². The summed E-state index contributed by atoms with van der Waals surface area (Å²) in [5, 5.41) is 4.81. The van der Waals surface area contributed by atoms with Crippen molar-refractivity contribution in [3.8, 4) is 0 Å². The molecule has 0 spiro atoms. The number of hydrogen-bond donors (Lipinski definition) is 1. The van der Waals surface area contributed by atoms with Gasteiger partial charge in [-0.05, 0) is 54.0 Å². The molecule has 0 saturated carbocycles. The molecule has 1 aromatic carbocycles. The highest BCUT2D eigenvalue weighted by molar-refractivity contribution is 7.89. The summed E-state index contributed by atoms with van der Waals surface area (Å²) in [6, 6.07) is 10.1. The van der Waals surface area contributed by atoms with Crippen LogP contribution in [0.4, 0.5) is 0 Å². The maximum absolute atomic E-state index is 12.9. The van der Waals surface area contributed by atoms with Gasteiger partial charge >= 0.3 is 0 Å². The van der Waals surface area contributed by atoms with E-state index in [1.54, 1.807) is 27.8 Å². The number of thiophene rings is 1. The van der Waals surface area contributed by atoms with E-state index >= 15 is 0 Å². The first-order valence-corrected chi connectivity index (χ1v) is 11.1. The monoisotopic (exact) mass is 392 g/mol.